The summed E-state index contributed by atoms with van der Waals surface area (Å²) in [7, 11) is 0. The summed E-state index contributed by atoms with van der Waals surface area (Å²) in [6.07, 6.45) is 6.97. The van der Waals surface area contributed by atoms with E-state index in [0.717, 1.165) is 33.6 Å². The van der Waals surface area contributed by atoms with Gasteiger partial charge in [0.05, 0.1) is 17.1 Å². The number of Topliss-reactive ketones (excluding diaryl/α,β-unsaturated/α-hetero) is 2. The van der Waals surface area contributed by atoms with E-state index in [1.54, 1.807) is 18.5 Å². The lowest BCUT2D eigenvalue weighted by Gasteiger charge is -2.34. The monoisotopic (exact) mass is 539 g/mol. The van der Waals surface area contributed by atoms with Crippen molar-refractivity contribution >= 4 is 35.4 Å². The van der Waals surface area contributed by atoms with Gasteiger partial charge in [-0.2, -0.15) is 0 Å². The fourth-order valence-electron chi connectivity index (χ4n) is 5.09. The van der Waals surface area contributed by atoms with Crippen molar-refractivity contribution in [2.75, 3.05) is 0 Å². The van der Waals surface area contributed by atoms with Gasteiger partial charge >= 0.3 is 0 Å². The Kier molecular flexibility index (Phi) is 9.83. The predicted molar refractivity (Wildman–Crippen MR) is 169 cm³/mol. The van der Waals surface area contributed by atoms with Crippen molar-refractivity contribution in [2.24, 2.45) is 9.98 Å². The minimum absolute atomic E-state index is 0.149. The van der Waals surface area contributed by atoms with Crippen molar-refractivity contribution in [1.82, 2.24) is 5.32 Å². The van der Waals surface area contributed by atoms with E-state index >= 15 is 0 Å². The maximum Gasteiger partial charge on any atom is 0.175 e. The first-order valence-electron chi connectivity index (χ1n) is 14.4. The zero-order valence-corrected chi connectivity index (χ0v) is 25.8. The quantitative estimate of drug-likeness (QED) is 0.307. The maximum atomic E-state index is 13.5. The van der Waals surface area contributed by atoms with Crippen LogP contribution < -0.4 is 5.32 Å². The van der Waals surface area contributed by atoms with E-state index in [2.05, 4.69) is 97.1 Å². The SMILES string of the molecule is CC(=O)C1=CC=C(C=Nc2c(C(C)C)cccc2C(C)C)C(C=Nc2c(C(C)C)cccc2C(C)C)(C(C)=O)N1. The average molecular weight is 540 g/mol. The van der Waals surface area contributed by atoms with Crippen molar-refractivity contribution in [3.8, 4) is 0 Å². The molecule has 0 spiro atoms. The van der Waals surface area contributed by atoms with E-state index < -0.39 is 5.54 Å². The summed E-state index contributed by atoms with van der Waals surface area (Å²) < 4.78 is 0. The number of carbonyl (C=O) groups excluding carboxylic acids is 2. The molecule has 0 fully saturated rings. The number of nitrogens with zero attached hydrogens (tertiary/aromatic N) is 2. The Hall–Kier alpha value is -3.60. The van der Waals surface area contributed by atoms with Gasteiger partial charge in [-0.05, 0) is 58.9 Å². The van der Waals surface area contributed by atoms with E-state index in [-0.39, 0.29) is 35.2 Å². The maximum absolute atomic E-state index is 13.5. The Morgan fingerprint density at radius 2 is 1.12 bits per heavy atom. The van der Waals surface area contributed by atoms with Crippen molar-refractivity contribution in [3.05, 3.63) is 82.1 Å². The van der Waals surface area contributed by atoms with E-state index in [1.807, 2.05) is 6.08 Å². The second kappa shape index (κ2) is 12.7. The molecular formula is C35H45N3O2. The summed E-state index contributed by atoms with van der Waals surface area (Å²) in [5.74, 6) is 0.762. The van der Waals surface area contributed by atoms with Gasteiger partial charge in [0.2, 0.25) is 0 Å². The van der Waals surface area contributed by atoms with Gasteiger partial charge < -0.3 is 5.32 Å². The number of rotatable bonds is 10. The molecule has 2 aromatic rings. The Balaban J connectivity index is 2.25. The smallest absolute Gasteiger partial charge is 0.175 e. The molecule has 2 aromatic carbocycles. The van der Waals surface area contributed by atoms with Crippen molar-refractivity contribution in [2.45, 2.75) is 98.4 Å². The lowest BCUT2D eigenvalue weighted by atomic mass is 9.83. The van der Waals surface area contributed by atoms with Crippen LogP contribution in [0.5, 0.6) is 0 Å². The van der Waals surface area contributed by atoms with Gasteiger partial charge in [0.1, 0.15) is 0 Å². The molecule has 1 atom stereocenters. The van der Waals surface area contributed by atoms with Crippen molar-refractivity contribution in [1.29, 1.82) is 0 Å². The normalized spacial score (nSPS) is 17.8. The van der Waals surface area contributed by atoms with Gasteiger partial charge in [-0.3, -0.25) is 19.6 Å². The van der Waals surface area contributed by atoms with E-state index in [0.29, 0.717) is 11.3 Å². The first-order chi connectivity index (χ1) is 18.8. The molecule has 40 heavy (non-hydrogen) atoms. The second-order valence-corrected chi connectivity index (χ2v) is 12.0. The molecule has 3 rings (SSSR count). The topological polar surface area (TPSA) is 70.9 Å². The minimum Gasteiger partial charge on any atom is -0.362 e. The van der Waals surface area contributed by atoms with Gasteiger partial charge in [-0.15, -0.1) is 0 Å². The average Bonchev–Trinajstić information content (AvgIpc) is 2.89. The lowest BCUT2D eigenvalue weighted by molar-refractivity contribution is -0.119. The van der Waals surface area contributed by atoms with Crippen LogP contribution in [0.2, 0.25) is 0 Å². The molecule has 0 saturated carbocycles. The third-order valence-corrected chi connectivity index (χ3v) is 7.56. The van der Waals surface area contributed by atoms with Gasteiger partial charge in [0.15, 0.2) is 17.1 Å². The number of aliphatic imine (C=N–C) groups is 2. The van der Waals surface area contributed by atoms with Gasteiger partial charge in [0, 0.05) is 24.9 Å². The summed E-state index contributed by atoms with van der Waals surface area (Å²) in [5, 5.41) is 3.25. The van der Waals surface area contributed by atoms with E-state index in [4.69, 9.17) is 9.98 Å². The number of nitrogens with one attached hydrogen (secondary N) is 1. The summed E-state index contributed by atoms with van der Waals surface area (Å²) >= 11 is 0. The number of para-hydroxylation sites is 2. The van der Waals surface area contributed by atoms with Gasteiger partial charge in [-0.25, -0.2) is 0 Å². The fourth-order valence-corrected chi connectivity index (χ4v) is 5.09. The zero-order valence-electron chi connectivity index (χ0n) is 25.8. The third-order valence-electron chi connectivity index (χ3n) is 7.56. The number of carbonyl (C=O) groups is 2. The van der Waals surface area contributed by atoms with Crippen LogP contribution in [0.15, 0.2) is 69.8 Å². The molecule has 5 nitrogen and oxygen atoms in total. The summed E-state index contributed by atoms with van der Waals surface area (Å²) in [5.41, 5.74) is 6.00. The molecular weight excluding hydrogens is 494 g/mol. The molecule has 0 aliphatic carbocycles. The Labute approximate surface area is 240 Å². The fraction of sp³-hybridized carbons (Fsp3) is 0.429. The van der Waals surface area contributed by atoms with E-state index in [1.165, 1.54) is 13.8 Å². The number of benzene rings is 2. The minimum atomic E-state index is -1.34. The number of hydrogen-bond acceptors (Lipinski definition) is 5. The van der Waals surface area contributed by atoms with Gasteiger partial charge in [0.25, 0.3) is 0 Å². The molecule has 5 heteroatoms. The molecule has 1 aliphatic rings. The largest absolute Gasteiger partial charge is 0.362 e. The van der Waals surface area contributed by atoms with Crippen molar-refractivity contribution in [3.63, 3.8) is 0 Å². The molecule has 1 N–H and O–H groups in total. The summed E-state index contributed by atoms with van der Waals surface area (Å²) in [6.45, 7) is 20.2. The summed E-state index contributed by atoms with van der Waals surface area (Å²) in [4.78, 5) is 36.0. The standard InChI is InChI=1S/C35H45N3O2/c1-21(2)28-13-11-14-29(22(3)4)33(28)36-19-27-17-18-32(25(9)39)38-35(27,26(10)40)20-37-34-30(23(5)6)15-12-16-31(34)24(7)8/h11-24,38H,1-10H3. The van der Waals surface area contributed by atoms with Crippen LogP contribution in [-0.2, 0) is 9.59 Å². The number of ketones is 2. The van der Waals surface area contributed by atoms with Crippen LogP contribution >= 0.6 is 0 Å². The van der Waals surface area contributed by atoms with Crippen LogP contribution in [0, 0.1) is 0 Å². The highest BCUT2D eigenvalue weighted by Gasteiger charge is 2.40. The van der Waals surface area contributed by atoms with Crippen LogP contribution in [-0.4, -0.2) is 29.5 Å². The molecule has 1 unspecified atom stereocenters. The molecule has 0 aromatic heterocycles. The Bertz CT molecular complexity index is 1340. The number of dihydropyridines is 1. The molecule has 1 heterocycles. The zero-order chi connectivity index (χ0) is 29.8. The highest BCUT2D eigenvalue weighted by Crippen LogP contribution is 2.37. The molecule has 0 amide bonds. The van der Waals surface area contributed by atoms with Crippen LogP contribution in [0.3, 0.4) is 0 Å². The highest BCUT2D eigenvalue weighted by atomic mass is 16.1. The first kappa shape index (κ1) is 30.9. The number of hydrogen-bond donors (Lipinski definition) is 1. The van der Waals surface area contributed by atoms with E-state index in [9.17, 15) is 9.59 Å². The lowest BCUT2D eigenvalue weighted by Crippen LogP contribution is -2.56. The third kappa shape index (κ3) is 6.41. The first-order valence-corrected chi connectivity index (χ1v) is 14.4. The highest BCUT2D eigenvalue weighted by molar-refractivity contribution is 6.15. The second-order valence-electron chi connectivity index (χ2n) is 12.0. The molecule has 0 radical (unpaired) electrons. The predicted octanol–water partition coefficient (Wildman–Crippen LogP) is 8.62. The summed E-state index contributed by atoms with van der Waals surface area (Å²) in [6, 6.07) is 12.6. The van der Waals surface area contributed by atoms with Crippen LogP contribution in [0.4, 0.5) is 11.4 Å². The molecule has 212 valence electrons. The molecule has 0 bridgehead atoms. The molecule has 1 aliphatic heterocycles. The van der Waals surface area contributed by atoms with Crippen molar-refractivity contribution < 1.29 is 9.59 Å². The Morgan fingerprint density at radius 3 is 1.50 bits per heavy atom. The Morgan fingerprint density at radius 1 is 0.700 bits per heavy atom. The number of allylic oxidation sites excluding steroid dienone is 3. The van der Waals surface area contributed by atoms with Gasteiger partial charge in [-0.1, -0.05) is 97.9 Å². The van der Waals surface area contributed by atoms with Crippen LogP contribution in [0.1, 0.15) is 115 Å². The molecule has 0 saturated heterocycles. The van der Waals surface area contributed by atoms with Crippen LogP contribution in [0.25, 0.3) is 0 Å².